The van der Waals surface area contributed by atoms with Crippen LogP contribution in [0.4, 0.5) is 11.4 Å². The van der Waals surface area contributed by atoms with Gasteiger partial charge in [-0.25, -0.2) is 0 Å². The molecule has 1 aliphatic rings. The van der Waals surface area contributed by atoms with Gasteiger partial charge in [0, 0.05) is 11.4 Å². The Morgan fingerprint density at radius 1 is 0.812 bits per heavy atom. The molecule has 32 heavy (non-hydrogen) atoms. The lowest BCUT2D eigenvalue weighted by molar-refractivity contribution is -0.113. The summed E-state index contributed by atoms with van der Waals surface area (Å²) in [5, 5.41) is 0.589. The van der Waals surface area contributed by atoms with Crippen LogP contribution < -0.4 is 19.1 Å². The molecule has 0 fully saturated rings. The largest absolute Gasteiger partial charge is 0.493 e. The molecule has 0 aliphatic carbocycles. The minimum absolute atomic E-state index is 0.296. The van der Waals surface area contributed by atoms with Crippen molar-refractivity contribution in [1.29, 1.82) is 0 Å². The highest BCUT2D eigenvalue weighted by atomic mass is 32.2. The minimum Gasteiger partial charge on any atom is -0.493 e. The van der Waals surface area contributed by atoms with E-state index < -0.39 is 0 Å². The number of rotatable bonds is 6. The standard InChI is InChI=1S/C25H22N2O4S/c1-29-20-14-17(15-21(30-2)23(20)31-3)16-22-24(28)26-25(32-22)27(18-10-6-4-7-11-18)19-12-8-5-9-13-19/h4-16H,1-3H3/b22-16+. The maximum Gasteiger partial charge on any atom is 0.286 e. The van der Waals surface area contributed by atoms with E-state index in [4.69, 9.17) is 14.2 Å². The highest BCUT2D eigenvalue weighted by Crippen LogP contribution is 2.41. The van der Waals surface area contributed by atoms with Crippen LogP contribution >= 0.6 is 11.8 Å². The van der Waals surface area contributed by atoms with Crippen molar-refractivity contribution in [3.63, 3.8) is 0 Å². The number of methoxy groups -OCH3 is 3. The third kappa shape index (κ3) is 4.33. The number of benzene rings is 3. The van der Waals surface area contributed by atoms with Crippen LogP contribution in [0.2, 0.25) is 0 Å². The maximum absolute atomic E-state index is 12.8. The van der Waals surface area contributed by atoms with Crippen molar-refractivity contribution in [1.82, 2.24) is 0 Å². The van der Waals surface area contributed by atoms with Crippen molar-refractivity contribution in [2.75, 3.05) is 26.2 Å². The van der Waals surface area contributed by atoms with Gasteiger partial charge >= 0.3 is 0 Å². The molecule has 0 spiro atoms. The summed E-state index contributed by atoms with van der Waals surface area (Å²) in [6, 6.07) is 23.3. The Kier molecular flexibility index (Phi) is 6.47. The molecular formula is C25H22N2O4S. The van der Waals surface area contributed by atoms with Crippen LogP contribution in [0.25, 0.3) is 6.08 Å². The number of nitrogens with zero attached hydrogens (tertiary/aromatic N) is 2. The van der Waals surface area contributed by atoms with Gasteiger partial charge in [0.25, 0.3) is 5.91 Å². The molecule has 1 heterocycles. The Morgan fingerprint density at radius 3 is 1.81 bits per heavy atom. The molecule has 0 unspecified atom stereocenters. The van der Waals surface area contributed by atoms with Gasteiger partial charge in [0.15, 0.2) is 16.7 Å². The lowest BCUT2D eigenvalue weighted by atomic mass is 10.1. The van der Waals surface area contributed by atoms with Crippen LogP contribution in [0, 0.1) is 0 Å². The smallest absolute Gasteiger partial charge is 0.286 e. The Bertz CT molecular complexity index is 1110. The number of hydrogen-bond acceptors (Lipinski definition) is 6. The zero-order chi connectivity index (χ0) is 22.5. The van der Waals surface area contributed by atoms with Crippen LogP contribution in [-0.4, -0.2) is 32.4 Å². The highest BCUT2D eigenvalue weighted by Gasteiger charge is 2.28. The van der Waals surface area contributed by atoms with E-state index in [1.807, 2.05) is 65.6 Å². The van der Waals surface area contributed by atoms with Crippen molar-refractivity contribution in [2.45, 2.75) is 0 Å². The molecule has 0 N–H and O–H groups in total. The normalized spacial score (nSPS) is 14.3. The predicted octanol–water partition coefficient (Wildman–Crippen LogP) is 5.52. The monoisotopic (exact) mass is 446 g/mol. The summed E-state index contributed by atoms with van der Waals surface area (Å²) in [6.07, 6.45) is 1.78. The SMILES string of the molecule is COc1cc(/C=C2/SC(N(c3ccccc3)c3ccccc3)=NC2=O)cc(OC)c1OC. The maximum atomic E-state index is 12.8. The molecule has 0 radical (unpaired) electrons. The number of ether oxygens (including phenoxy) is 3. The fraction of sp³-hybridized carbons (Fsp3) is 0.120. The molecule has 3 aromatic rings. The molecule has 0 aromatic heterocycles. The molecule has 7 heteroatoms. The van der Waals surface area contributed by atoms with E-state index in [2.05, 4.69) is 4.99 Å². The van der Waals surface area contributed by atoms with Gasteiger partial charge in [0.2, 0.25) is 5.75 Å². The first kappa shape index (κ1) is 21.5. The molecule has 0 bridgehead atoms. The Morgan fingerprint density at radius 2 is 1.34 bits per heavy atom. The lowest BCUT2D eigenvalue weighted by Crippen LogP contribution is -2.21. The van der Waals surface area contributed by atoms with Gasteiger partial charge in [-0.2, -0.15) is 4.99 Å². The summed E-state index contributed by atoms with van der Waals surface area (Å²) < 4.78 is 16.2. The zero-order valence-corrected chi connectivity index (χ0v) is 18.8. The Balaban J connectivity index is 1.70. The first-order valence-electron chi connectivity index (χ1n) is 9.87. The predicted molar refractivity (Wildman–Crippen MR) is 129 cm³/mol. The van der Waals surface area contributed by atoms with Crippen molar-refractivity contribution in [2.24, 2.45) is 4.99 Å². The van der Waals surface area contributed by atoms with Crippen molar-refractivity contribution < 1.29 is 19.0 Å². The molecule has 1 amide bonds. The number of hydrogen-bond donors (Lipinski definition) is 0. The summed E-state index contributed by atoms with van der Waals surface area (Å²) in [5.41, 5.74) is 2.59. The van der Waals surface area contributed by atoms with Gasteiger partial charge in [-0.1, -0.05) is 36.4 Å². The van der Waals surface area contributed by atoms with Gasteiger partial charge in [-0.05, 0) is 59.8 Å². The van der Waals surface area contributed by atoms with Crippen LogP contribution in [0.1, 0.15) is 5.56 Å². The second kappa shape index (κ2) is 9.62. The zero-order valence-electron chi connectivity index (χ0n) is 17.9. The lowest BCUT2D eigenvalue weighted by Gasteiger charge is -2.23. The Labute approximate surface area is 191 Å². The van der Waals surface area contributed by atoms with E-state index in [9.17, 15) is 4.79 Å². The molecule has 6 nitrogen and oxygen atoms in total. The number of carbonyl (C=O) groups is 1. The summed E-state index contributed by atoms with van der Waals surface area (Å²) in [6.45, 7) is 0. The van der Waals surface area contributed by atoms with E-state index in [1.54, 1.807) is 39.5 Å². The number of amides is 1. The fourth-order valence-corrected chi connectivity index (χ4v) is 4.31. The molecule has 0 atom stereocenters. The fourth-order valence-electron chi connectivity index (χ4n) is 3.35. The van der Waals surface area contributed by atoms with E-state index in [0.717, 1.165) is 16.9 Å². The van der Waals surface area contributed by atoms with Crippen molar-refractivity contribution >= 4 is 40.3 Å². The second-order valence-electron chi connectivity index (χ2n) is 6.78. The molecule has 0 saturated heterocycles. The van der Waals surface area contributed by atoms with Gasteiger partial charge in [0.05, 0.1) is 26.2 Å². The number of carbonyl (C=O) groups excluding carboxylic acids is 1. The number of anilines is 2. The molecule has 3 aromatic carbocycles. The van der Waals surface area contributed by atoms with Crippen LogP contribution in [0.3, 0.4) is 0 Å². The third-order valence-corrected chi connectivity index (χ3v) is 5.78. The summed E-state index contributed by atoms with van der Waals surface area (Å²) in [5.74, 6) is 1.24. The van der Waals surface area contributed by atoms with Gasteiger partial charge in [0.1, 0.15) is 0 Å². The van der Waals surface area contributed by atoms with Crippen molar-refractivity contribution in [3.8, 4) is 17.2 Å². The molecule has 162 valence electrons. The topological polar surface area (TPSA) is 60.4 Å². The van der Waals surface area contributed by atoms with Gasteiger partial charge < -0.3 is 14.2 Å². The molecule has 4 rings (SSSR count). The average Bonchev–Trinajstić information content (AvgIpc) is 3.19. The van der Waals surface area contributed by atoms with Crippen LogP contribution in [-0.2, 0) is 4.79 Å². The van der Waals surface area contributed by atoms with Crippen LogP contribution in [0.5, 0.6) is 17.2 Å². The highest BCUT2D eigenvalue weighted by molar-refractivity contribution is 8.18. The van der Waals surface area contributed by atoms with E-state index >= 15 is 0 Å². The van der Waals surface area contributed by atoms with E-state index in [-0.39, 0.29) is 5.91 Å². The van der Waals surface area contributed by atoms with Crippen LogP contribution in [0.15, 0.2) is 82.7 Å². The summed E-state index contributed by atoms with van der Waals surface area (Å²) in [4.78, 5) is 19.6. The number of amidine groups is 1. The molecule has 0 saturated carbocycles. The summed E-state index contributed by atoms with van der Waals surface area (Å²) >= 11 is 1.32. The van der Waals surface area contributed by atoms with E-state index in [1.165, 1.54) is 11.8 Å². The molecule has 1 aliphatic heterocycles. The average molecular weight is 447 g/mol. The second-order valence-corrected chi connectivity index (χ2v) is 7.78. The van der Waals surface area contributed by atoms with Gasteiger partial charge in [-0.15, -0.1) is 0 Å². The first-order valence-corrected chi connectivity index (χ1v) is 10.7. The van der Waals surface area contributed by atoms with Gasteiger partial charge in [-0.3, -0.25) is 9.69 Å². The number of para-hydroxylation sites is 2. The van der Waals surface area contributed by atoms with Crippen molar-refractivity contribution in [3.05, 3.63) is 83.3 Å². The minimum atomic E-state index is -0.296. The summed E-state index contributed by atoms with van der Waals surface area (Å²) in [7, 11) is 4.67. The first-order chi connectivity index (χ1) is 15.6. The third-order valence-electron chi connectivity index (χ3n) is 4.81. The number of aliphatic imine (C=N–C) groups is 1. The van der Waals surface area contributed by atoms with E-state index in [0.29, 0.717) is 27.3 Å². The quantitative estimate of drug-likeness (QED) is 0.465. The molecular weight excluding hydrogens is 424 g/mol. The number of thioether (sulfide) groups is 1. The Hall–Kier alpha value is -3.71.